The average Bonchev–Trinajstić information content (AvgIpc) is 3.33. The molecule has 0 spiro atoms. The van der Waals surface area contributed by atoms with E-state index in [0.717, 1.165) is 33.7 Å². The van der Waals surface area contributed by atoms with Gasteiger partial charge in [0, 0.05) is 16.8 Å². The predicted molar refractivity (Wildman–Crippen MR) is 123 cm³/mol. The smallest absolute Gasteiger partial charge is 0.287 e. The molecule has 0 aliphatic heterocycles. The van der Waals surface area contributed by atoms with Crippen LogP contribution < -0.4 is 10.6 Å². The van der Waals surface area contributed by atoms with Gasteiger partial charge in [-0.1, -0.05) is 72.8 Å². The zero-order valence-electron chi connectivity index (χ0n) is 17.8. The first-order valence-corrected chi connectivity index (χ1v) is 10.5. The third-order valence-electron chi connectivity index (χ3n) is 5.49. The van der Waals surface area contributed by atoms with Crippen molar-refractivity contribution >= 4 is 11.6 Å². The Morgan fingerprint density at radius 2 is 1.52 bits per heavy atom. The van der Waals surface area contributed by atoms with Gasteiger partial charge in [-0.25, -0.2) is 0 Å². The van der Waals surface area contributed by atoms with Crippen molar-refractivity contribution in [1.82, 2.24) is 0 Å². The molecule has 0 bridgehead atoms. The fraction of sp³-hybridized carbons (Fsp3) is 0.148. The zero-order valence-corrected chi connectivity index (χ0v) is 17.8. The average molecular weight is 412 g/mol. The number of anilines is 1. The number of carbonyl (C=O) groups excluding carboxylic acids is 1. The fourth-order valence-electron chi connectivity index (χ4n) is 3.78. The molecule has 0 unspecified atom stereocenters. The van der Waals surface area contributed by atoms with E-state index >= 15 is 0 Å². The second-order valence-electron chi connectivity index (χ2n) is 7.79. The van der Waals surface area contributed by atoms with Gasteiger partial charge < -0.3 is 15.1 Å². The fourth-order valence-corrected chi connectivity index (χ4v) is 3.78. The number of carbonyl (C=O) groups is 1. The van der Waals surface area contributed by atoms with Gasteiger partial charge in [-0.15, -0.1) is 0 Å². The largest absolute Gasteiger partial charge is 0.463 e. The molecule has 2 atom stereocenters. The predicted octanol–water partition coefficient (Wildman–Crippen LogP) is 4.93. The van der Waals surface area contributed by atoms with Gasteiger partial charge in [-0.2, -0.15) is 0 Å². The number of rotatable bonds is 7. The Kier molecular flexibility index (Phi) is 6.29. The van der Waals surface area contributed by atoms with Crippen LogP contribution in [0, 0.1) is 13.8 Å². The minimum atomic E-state index is -0.448. The monoisotopic (exact) mass is 411 g/mol. The van der Waals surface area contributed by atoms with Gasteiger partial charge in [-0.3, -0.25) is 4.79 Å². The lowest BCUT2D eigenvalue weighted by atomic mass is 9.99. The number of hydrogen-bond acceptors (Lipinski definition) is 2. The van der Waals surface area contributed by atoms with E-state index in [1.54, 1.807) is 6.26 Å². The van der Waals surface area contributed by atoms with Crippen LogP contribution in [0.1, 0.15) is 40.1 Å². The van der Waals surface area contributed by atoms with E-state index in [-0.39, 0.29) is 11.9 Å². The number of aryl methyl sites for hydroxylation is 2. The summed E-state index contributed by atoms with van der Waals surface area (Å²) in [4.78, 5) is 13.5. The van der Waals surface area contributed by atoms with Gasteiger partial charge in [0.2, 0.25) is 0 Å². The van der Waals surface area contributed by atoms with Crippen molar-refractivity contribution in [2.75, 3.05) is 5.32 Å². The van der Waals surface area contributed by atoms with E-state index in [4.69, 9.17) is 4.42 Å². The van der Waals surface area contributed by atoms with E-state index in [2.05, 4.69) is 22.8 Å². The lowest BCUT2D eigenvalue weighted by Gasteiger charge is -2.22. The van der Waals surface area contributed by atoms with E-state index in [1.807, 2.05) is 92.7 Å². The lowest BCUT2D eigenvalue weighted by molar-refractivity contribution is -0.715. The first-order valence-electron chi connectivity index (χ1n) is 10.5. The quantitative estimate of drug-likeness (QED) is 0.453. The Balaban J connectivity index is 1.69. The maximum atomic E-state index is 13.5. The molecule has 3 aromatic carbocycles. The number of quaternary nitrogens is 1. The molecular formula is C27H27N2O2+. The summed E-state index contributed by atoms with van der Waals surface area (Å²) in [5.74, 6) is 0.749. The molecule has 0 aliphatic rings. The van der Waals surface area contributed by atoms with Crippen LogP contribution >= 0.6 is 0 Å². The third kappa shape index (κ3) is 4.93. The normalized spacial score (nSPS) is 12.8. The summed E-state index contributed by atoms with van der Waals surface area (Å²) in [7, 11) is 0. The third-order valence-corrected chi connectivity index (χ3v) is 5.49. The molecule has 4 rings (SSSR count). The van der Waals surface area contributed by atoms with E-state index < -0.39 is 6.04 Å². The molecule has 0 aliphatic carbocycles. The van der Waals surface area contributed by atoms with Crippen LogP contribution in [0.3, 0.4) is 0 Å². The summed E-state index contributed by atoms with van der Waals surface area (Å²) >= 11 is 0. The van der Waals surface area contributed by atoms with Gasteiger partial charge >= 0.3 is 0 Å². The number of nitrogens with two attached hydrogens (primary N) is 1. The second kappa shape index (κ2) is 9.45. The van der Waals surface area contributed by atoms with Crippen LogP contribution in [0.4, 0.5) is 5.69 Å². The minimum absolute atomic E-state index is 0.0626. The first-order chi connectivity index (χ1) is 15.1. The first kappa shape index (κ1) is 20.6. The molecule has 0 radical (unpaired) electrons. The maximum absolute atomic E-state index is 13.5. The van der Waals surface area contributed by atoms with E-state index in [1.165, 1.54) is 0 Å². The molecule has 4 aromatic rings. The summed E-state index contributed by atoms with van der Waals surface area (Å²) in [6, 6.07) is 29.3. The Hall–Kier alpha value is -3.63. The molecule has 156 valence electrons. The Bertz CT molecular complexity index is 1120. The molecular weight excluding hydrogens is 384 g/mol. The van der Waals surface area contributed by atoms with Crippen LogP contribution in [0.15, 0.2) is 102 Å². The summed E-state index contributed by atoms with van der Waals surface area (Å²) in [6.45, 7) is 4.03. The zero-order chi connectivity index (χ0) is 21.6. The van der Waals surface area contributed by atoms with Crippen molar-refractivity contribution in [2.24, 2.45) is 0 Å². The maximum Gasteiger partial charge on any atom is 0.287 e. The van der Waals surface area contributed by atoms with E-state index in [9.17, 15) is 4.79 Å². The van der Waals surface area contributed by atoms with Gasteiger partial charge in [0.05, 0.1) is 6.26 Å². The molecule has 0 saturated heterocycles. The summed E-state index contributed by atoms with van der Waals surface area (Å²) in [5, 5.41) is 5.22. The standard InChI is InChI=1S/C27H26N2O2/c1-19-15-16-20(2)23(18-19)28-27(30)26(22-12-7-4-8-13-22)29-25(24-14-9-17-31-24)21-10-5-3-6-11-21/h3-18,25-26,29H,1-2H3,(H,28,30)/p+1/t25-,26-/m0/s1. The van der Waals surface area contributed by atoms with Gasteiger partial charge in [-0.05, 0) is 43.2 Å². The van der Waals surface area contributed by atoms with Gasteiger partial charge in [0.1, 0.15) is 0 Å². The second-order valence-corrected chi connectivity index (χ2v) is 7.79. The van der Waals surface area contributed by atoms with Crippen molar-refractivity contribution in [2.45, 2.75) is 25.9 Å². The number of nitrogens with one attached hydrogen (secondary N) is 1. The highest BCUT2D eigenvalue weighted by molar-refractivity contribution is 5.95. The van der Waals surface area contributed by atoms with E-state index in [0.29, 0.717) is 0 Å². The molecule has 1 heterocycles. The molecule has 4 heteroatoms. The summed E-state index contributed by atoms with van der Waals surface area (Å²) < 4.78 is 5.76. The topological polar surface area (TPSA) is 58.9 Å². The SMILES string of the molecule is Cc1ccc(C)c(NC(=O)[C@@H]([NH2+][C@@H](c2ccccc2)c2ccco2)c2ccccc2)c1. The Morgan fingerprint density at radius 1 is 0.839 bits per heavy atom. The minimum Gasteiger partial charge on any atom is -0.463 e. The number of benzene rings is 3. The highest BCUT2D eigenvalue weighted by Gasteiger charge is 2.31. The van der Waals surface area contributed by atoms with Crippen molar-refractivity contribution in [3.63, 3.8) is 0 Å². The van der Waals surface area contributed by atoms with Gasteiger partial charge in [0.15, 0.2) is 17.8 Å². The Morgan fingerprint density at radius 3 is 2.16 bits per heavy atom. The Labute approximate surface area is 182 Å². The summed E-state index contributed by atoms with van der Waals surface area (Å²) in [5.41, 5.74) is 5.01. The van der Waals surface area contributed by atoms with Crippen molar-refractivity contribution in [1.29, 1.82) is 0 Å². The van der Waals surface area contributed by atoms with Crippen molar-refractivity contribution in [3.8, 4) is 0 Å². The van der Waals surface area contributed by atoms with Crippen LogP contribution in [-0.4, -0.2) is 5.91 Å². The summed E-state index contributed by atoms with van der Waals surface area (Å²) in [6.07, 6.45) is 1.67. The van der Waals surface area contributed by atoms with Crippen LogP contribution in [0.25, 0.3) is 0 Å². The van der Waals surface area contributed by atoms with Crippen LogP contribution in [-0.2, 0) is 4.79 Å². The number of amides is 1. The van der Waals surface area contributed by atoms with Crippen LogP contribution in [0.5, 0.6) is 0 Å². The number of hydrogen-bond donors (Lipinski definition) is 2. The lowest BCUT2D eigenvalue weighted by Crippen LogP contribution is -2.88. The highest BCUT2D eigenvalue weighted by atomic mass is 16.3. The van der Waals surface area contributed by atoms with Crippen molar-refractivity contribution in [3.05, 3.63) is 125 Å². The molecule has 3 N–H and O–H groups in total. The molecule has 0 saturated carbocycles. The van der Waals surface area contributed by atoms with Gasteiger partial charge in [0.25, 0.3) is 5.91 Å². The molecule has 1 aromatic heterocycles. The molecule has 31 heavy (non-hydrogen) atoms. The van der Waals surface area contributed by atoms with Crippen molar-refractivity contribution < 1.29 is 14.5 Å². The molecule has 1 amide bonds. The highest BCUT2D eigenvalue weighted by Crippen LogP contribution is 2.23. The molecule has 0 fully saturated rings. The van der Waals surface area contributed by atoms with Crippen LogP contribution in [0.2, 0.25) is 0 Å². The number of furan rings is 1. The molecule has 4 nitrogen and oxygen atoms in total.